The number of benzene rings is 1. The number of carbonyl (C=O) groups is 1. The lowest BCUT2D eigenvalue weighted by Gasteiger charge is -2.11. The van der Waals surface area contributed by atoms with Crippen LogP contribution >= 0.6 is 11.6 Å². The van der Waals surface area contributed by atoms with E-state index in [0.29, 0.717) is 23.7 Å². The molecule has 0 unspecified atom stereocenters. The zero-order valence-electron chi connectivity index (χ0n) is 10.0. The summed E-state index contributed by atoms with van der Waals surface area (Å²) in [6.07, 6.45) is 0. The van der Waals surface area contributed by atoms with Crippen molar-refractivity contribution in [3.63, 3.8) is 0 Å². The molecule has 0 aliphatic carbocycles. The van der Waals surface area contributed by atoms with Crippen molar-refractivity contribution in [2.24, 2.45) is 0 Å². The van der Waals surface area contributed by atoms with E-state index >= 15 is 0 Å². The molecule has 1 aromatic rings. The highest BCUT2D eigenvalue weighted by Gasteiger charge is 2.11. The van der Waals surface area contributed by atoms with E-state index in [1.54, 1.807) is 25.3 Å². The zero-order chi connectivity index (χ0) is 12.7. The lowest BCUT2D eigenvalue weighted by molar-refractivity contribution is 0.0938. The summed E-state index contributed by atoms with van der Waals surface area (Å²) < 4.78 is 4.87. The Hall–Kier alpha value is -1.26. The third kappa shape index (κ3) is 4.24. The third-order valence-electron chi connectivity index (χ3n) is 2.19. The van der Waals surface area contributed by atoms with Crippen LogP contribution in [-0.2, 0) is 4.74 Å². The van der Waals surface area contributed by atoms with Crippen molar-refractivity contribution in [2.45, 2.75) is 6.92 Å². The normalized spacial score (nSPS) is 10.1. The maximum atomic E-state index is 11.9. The monoisotopic (exact) mass is 256 g/mol. The first-order chi connectivity index (χ1) is 8.19. The van der Waals surface area contributed by atoms with Crippen LogP contribution in [-0.4, -0.2) is 32.7 Å². The fraction of sp³-hybridized carbons (Fsp3) is 0.417. The fourth-order valence-electron chi connectivity index (χ4n) is 1.41. The van der Waals surface area contributed by atoms with Gasteiger partial charge in [0.05, 0.1) is 12.2 Å². The zero-order valence-corrected chi connectivity index (χ0v) is 10.8. The van der Waals surface area contributed by atoms with E-state index < -0.39 is 0 Å². The third-order valence-corrected chi connectivity index (χ3v) is 2.42. The van der Waals surface area contributed by atoms with Crippen LogP contribution < -0.4 is 10.6 Å². The lowest BCUT2D eigenvalue weighted by Crippen LogP contribution is -2.27. The van der Waals surface area contributed by atoms with Gasteiger partial charge in [0.25, 0.3) is 5.91 Å². The number of hydrogen-bond donors (Lipinski definition) is 2. The van der Waals surface area contributed by atoms with Gasteiger partial charge in [0.15, 0.2) is 0 Å². The molecule has 0 atom stereocenters. The molecule has 0 bridgehead atoms. The SMILES string of the molecule is CCNc1ccc(Cl)cc1C(=O)NCCOC. The molecule has 0 aromatic heterocycles. The average Bonchev–Trinajstić information content (AvgIpc) is 2.32. The lowest BCUT2D eigenvalue weighted by atomic mass is 10.1. The summed E-state index contributed by atoms with van der Waals surface area (Å²) in [7, 11) is 1.59. The van der Waals surface area contributed by atoms with Gasteiger partial charge in [0, 0.05) is 30.9 Å². The highest BCUT2D eigenvalue weighted by Crippen LogP contribution is 2.20. The van der Waals surface area contributed by atoms with Crippen molar-refractivity contribution >= 4 is 23.2 Å². The summed E-state index contributed by atoms with van der Waals surface area (Å²) in [6.45, 7) is 3.69. The Morgan fingerprint density at radius 3 is 2.88 bits per heavy atom. The molecule has 0 fully saturated rings. The summed E-state index contributed by atoms with van der Waals surface area (Å²) in [5, 5.41) is 6.43. The Morgan fingerprint density at radius 1 is 1.47 bits per heavy atom. The van der Waals surface area contributed by atoms with E-state index in [1.807, 2.05) is 6.92 Å². The quantitative estimate of drug-likeness (QED) is 0.767. The highest BCUT2D eigenvalue weighted by molar-refractivity contribution is 6.31. The van der Waals surface area contributed by atoms with Crippen LogP contribution in [0.3, 0.4) is 0 Å². The molecule has 94 valence electrons. The number of methoxy groups -OCH3 is 1. The molecule has 4 nitrogen and oxygen atoms in total. The van der Waals surface area contributed by atoms with Gasteiger partial charge in [-0.1, -0.05) is 11.6 Å². The highest BCUT2D eigenvalue weighted by atomic mass is 35.5. The molecule has 0 aliphatic heterocycles. The van der Waals surface area contributed by atoms with Crippen LogP contribution in [0.1, 0.15) is 17.3 Å². The smallest absolute Gasteiger partial charge is 0.253 e. The maximum absolute atomic E-state index is 11.9. The molecule has 2 N–H and O–H groups in total. The van der Waals surface area contributed by atoms with Crippen molar-refractivity contribution in [1.29, 1.82) is 0 Å². The van der Waals surface area contributed by atoms with E-state index in [-0.39, 0.29) is 5.91 Å². The Bertz CT molecular complexity index is 383. The predicted molar refractivity (Wildman–Crippen MR) is 69.8 cm³/mol. The maximum Gasteiger partial charge on any atom is 0.253 e. The van der Waals surface area contributed by atoms with E-state index in [0.717, 1.165) is 12.2 Å². The number of nitrogens with one attached hydrogen (secondary N) is 2. The minimum atomic E-state index is -0.152. The Morgan fingerprint density at radius 2 is 2.24 bits per heavy atom. The average molecular weight is 257 g/mol. The first kappa shape index (κ1) is 13.8. The predicted octanol–water partition coefficient (Wildman–Crippen LogP) is 2.15. The van der Waals surface area contributed by atoms with Crippen LogP contribution in [0.2, 0.25) is 5.02 Å². The van der Waals surface area contributed by atoms with Crippen LogP contribution in [0.25, 0.3) is 0 Å². The molecule has 0 heterocycles. The van der Waals surface area contributed by atoms with E-state index in [2.05, 4.69) is 10.6 Å². The molecule has 0 aliphatic rings. The number of rotatable bonds is 6. The first-order valence-corrected chi connectivity index (χ1v) is 5.87. The summed E-state index contributed by atoms with van der Waals surface area (Å²) in [6, 6.07) is 5.21. The van der Waals surface area contributed by atoms with Gasteiger partial charge in [0.2, 0.25) is 0 Å². The second-order valence-electron chi connectivity index (χ2n) is 3.47. The molecule has 0 saturated carbocycles. The number of hydrogen-bond acceptors (Lipinski definition) is 3. The van der Waals surface area contributed by atoms with Crippen LogP contribution in [0.5, 0.6) is 0 Å². The molecular weight excluding hydrogens is 240 g/mol. The number of anilines is 1. The van der Waals surface area contributed by atoms with E-state index in [1.165, 1.54) is 0 Å². The van der Waals surface area contributed by atoms with Gasteiger partial charge in [-0.3, -0.25) is 4.79 Å². The van der Waals surface area contributed by atoms with Gasteiger partial charge < -0.3 is 15.4 Å². The number of amides is 1. The van der Waals surface area contributed by atoms with Crippen molar-refractivity contribution in [3.8, 4) is 0 Å². The molecular formula is C12H17ClN2O2. The van der Waals surface area contributed by atoms with Crippen molar-refractivity contribution in [1.82, 2.24) is 5.32 Å². The second-order valence-corrected chi connectivity index (χ2v) is 3.91. The molecule has 17 heavy (non-hydrogen) atoms. The van der Waals surface area contributed by atoms with Crippen LogP contribution in [0.4, 0.5) is 5.69 Å². The standard InChI is InChI=1S/C12H17ClN2O2/c1-3-14-11-5-4-9(13)8-10(11)12(16)15-6-7-17-2/h4-5,8,14H,3,6-7H2,1-2H3,(H,15,16). The largest absolute Gasteiger partial charge is 0.385 e. The van der Waals surface area contributed by atoms with Gasteiger partial charge in [-0.25, -0.2) is 0 Å². The minimum Gasteiger partial charge on any atom is -0.385 e. The molecule has 1 amide bonds. The number of halogens is 1. The topological polar surface area (TPSA) is 50.4 Å². The van der Waals surface area contributed by atoms with Crippen molar-refractivity contribution in [2.75, 3.05) is 32.1 Å². The van der Waals surface area contributed by atoms with Crippen LogP contribution in [0.15, 0.2) is 18.2 Å². The molecule has 1 aromatic carbocycles. The molecule has 0 spiro atoms. The minimum absolute atomic E-state index is 0.152. The van der Waals surface area contributed by atoms with Crippen molar-refractivity contribution < 1.29 is 9.53 Å². The molecule has 1 rings (SSSR count). The molecule has 0 saturated heterocycles. The van der Waals surface area contributed by atoms with E-state index in [9.17, 15) is 4.79 Å². The van der Waals surface area contributed by atoms with Gasteiger partial charge in [-0.05, 0) is 25.1 Å². The Kier molecular flexibility index (Phi) is 5.80. The summed E-state index contributed by atoms with van der Waals surface area (Å²) in [5.41, 5.74) is 1.34. The van der Waals surface area contributed by atoms with Gasteiger partial charge in [-0.15, -0.1) is 0 Å². The number of ether oxygens (including phenoxy) is 1. The first-order valence-electron chi connectivity index (χ1n) is 5.49. The summed E-state index contributed by atoms with van der Waals surface area (Å²) in [4.78, 5) is 11.9. The van der Waals surface area contributed by atoms with Crippen LogP contribution in [0, 0.1) is 0 Å². The van der Waals surface area contributed by atoms with Crippen molar-refractivity contribution in [3.05, 3.63) is 28.8 Å². The van der Waals surface area contributed by atoms with E-state index in [4.69, 9.17) is 16.3 Å². The summed E-state index contributed by atoms with van der Waals surface area (Å²) in [5.74, 6) is -0.152. The Balaban J connectivity index is 2.78. The van der Waals surface area contributed by atoms with Gasteiger partial charge in [-0.2, -0.15) is 0 Å². The molecule has 5 heteroatoms. The van der Waals surface area contributed by atoms with Gasteiger partial charge in [0.1, 0.15) is 0 Å². The fourth-order valence-corrected chi connectivity index (χ4v) is 1.58. The Labute approximate surface area is 106 Å². The van der Waals surface area contributed by atoms with Gasteiger partial charge >= 0.3 is 0 Å². The summed E-state index contributed by atoms with van der Waals surface area (Å²) >= 11 is 5.89. The number of carbonyl (C=O) groups excluding carboxylic acids is 1. The molecule has 0 radical (unpaired) electrons. The second kappa shape index (κ2) is 7.14.